The minimum Gasteiger partial charge on any atom is -0.230 e. The Balaban J connectivity index is 0. The van der Waals surface area contributed by atoms with Crippen LogP contribution in [0.1, 0.15) is 33.1 Å². The average Bonchev–Trinajstić information content (AvgIpc) is 2.68. The van der Waals surface area contributed by atoms with Gasteiger partial charge in [-0.25, -0.2) is 37.8 Å². The smallest absolute Gasteiger partial charge is 0.210 e. The summed E-state index contributed by atoms with van der Waals surface area (Å²) in [4.78, 5) is 0. The lowest BCUT2D eigenvalue weighted by molar-refractivity contribution is 0.621. The molecular formula is C10H24F9P9. The molecule has 0 saturated heterocycles. The second kappa shape index (κ2) is 19.7. The maximum absolute atomic E-state index is 12.8. The summed E-state index contributed by atoms with van der Waals surface area (Å²) in [5, 5.41) is 0. The van der Waals surface area contributed by atoms with E-state index >= 15 is 0 Å². The highest BCUT2D eigenvalue weighted by Gasteiger charge is 2.44. The highest BCUT2D eigenvalue weighted by Crippen LogP contribution is 3.09. The molecule has 0 aromatic carbocycles. The highest BCUT2D eigenvalue weighted by atomic mass is 32.9. The monoisotopic (exact) mass is 594 g/mol. The molecule has 0 rings (SSSR count). The molecule has 0 N–H and O–H groups in total. The van der Waals surface area contributed by atoms with E-state index in [0.29, 0.717) is 12.8 Å². The quantitative estimate of drug-likeness (QED) is 0.147. The fourth-order valence-corrected chi connectivity index (χ4v) is 29.2. The molecule has 18 heteroatoms. The predicted molar refractivity (Wildman–Crippen MR) is 125 cm³/mol. The average molecular weight is 594 g/mol. The van der Waals surface area contributed by atoms with E-state index in [9.17, 15) is 37.8 Å². The topological polar surface area (TPSA) is 0 Å². The van der Waals surface area contributed by atoms with Crippen molar-refractivity contribution in [2.75, 3.05) is 13.3 Å². The minimum absolute atomic E-state index is 0.0154. The molecule has 0 spiro atoms. The molecule has 0 heterocycles. The third-order valence-corrected chi connectivity index (χ3v) is 29.0. The van der Waals surface area contributed by atoms with Crippen LogP contribution in [0.5, 0.6) is 0 Å². The van der Waals surface area contributed by atoms with Gasteiger partial charge < -0.3 is 0 Å². The lowest BCUT2D eigenvalue weighted by Crippen LogP contribution is -2.12. The normalized spacial score (nSPS) is 22.6. The lowest BCUT2D eigenvalue weighted by atomic mass is 10.1. The Hall–Kier alpha value is 3.24. The summed E-state index contributed by atoms with van der Waals surface area (Å²) in [5.41, 5.74) is -0.205. The Bertz CT molecular complexity index is 351. The van der Waals surface area contributed by atoms with Gasteiger partial charge in [-0.05, 0) is 32.6 Å². The van der Waals surface area contributed by atoms with E-state index in [4.69, 9.17) is 0 Å². The second-order valence-corrected chi connectivity index (χ2v) is 27.9. The van der Waals surface area contributed by atoms with Crippen molar-refractivity contribution in [2.24, 2.45) is 0 Å². The van der Waals surface area contributed by atoms with Crippen molar-refractivity contribution in [1.82, 2.24) is 0 Å². The van der Waals surface area contributed by atoms with E-state index in [0.717, 1.165) is 19.8 Å². The summed E-state index contributed by atoms with van der Waals surface area (Å²) in [6.45, 7) is 5.31. The van der Waals surface area contributed by atoms with Gasteiger partial charge in [0.15, 0.2) is 0 Å². The summed E-state index contributed by atoms with van der Waals surface area (Å²) in [6, 6.07) is 0. The zero-order valence-electron chi connectivity index (χ0n) is 15.4. The lowest BCUT2D eigenvalue weighted by Gasteiger charge is -2.19. The van der Waals surface area contributed by atoms with E-state index < -0.39 is 73.0 Å². The van der Waals surface area contributed by atoms with E-state index in [-0.39, 0.29) is 17.0 Å². The van der Waals surface area contributed by atoms with Crippen LogP contribution in [0.2, 0.25) is 0 Å². The molecule has 28 heavy (non-hydrogen) atoms. The van der Waals surface area contributed by atoms with Crippen molar-refractivity contribution >= 4 is 73.0 Å². The van der Waals surface area contributed by atoms with Crippen LogP contribution in [0.25, 0.3) is 0 Å². The molecule has 0 amide bonds. The summed E-state index contributed by atoms with van der Waals surface area (Å²) >= 11 is 0. The predicted octanol–water partition coefficient (Wildman–Crippen LogP) is 13.0. The van der Waals surface area contributed by atoms with Crippen LogP contribution < -0.4 is 0 Å². The molecular weight excluding hydrogens is 570 g/mol. The van der Waals surface area contributed by atoms with Crippen LogP contribution >= 0.6 is 73.0 Å². The summed E-state index contributed by atoms with van der Waals surface area (Å²) in [7, 11) is -20.7. The molecule has 12 atom stereocenters. The van der Waals surface area contributed by atoms with E-state index in [1.54, 1.807) is 6.92 Å². The van der Waals surface area contributed by atoms with Crippen molar-refractivity contribution < 1.29 is 37.8 Å². The van der Waals surface area contributed by atoms with Gasteiger partial charge in [-0.15, -0.1) is 0 Å². The third-order valence-electron chi connectivity index (χ3n) is 3.06. The Labute approximate surface area is 174 Å². The van der Waals surface area contributed by atoms with Crippen molar-refractivity contribution in [3.8, 4) is 0 Å². The van der Waals surface area contributed by atoms with Gasteiger partial charge in [0, 0.05) is 17.0 Å². The van der Waals surface area contributed by atoms with Crippen LogP contribution in [0, 0.1) is 0 Å². The van der Waals surface area contributed by atoms with Crippen LogP contribution in [0.15, 0.2) is 0 Å². The van der Waals surface area contributed by atoms with E-state index in [2.05, 4.69) is 0 Å². The van der Waals surface area contributed by atoms with Gasteiger partial charge in [-0.3, -0.25) is 0 Å². The first kappa shape index (κ1) is 33.4. The van der Waals surface area contributed by atoms with E-state index in [1.807, 2.05) is 6.92 Å². The van der Waals surface area contributed by atoms with E-state index in [1.165, 1.54) is 0 Å². The largest absolute Gasteiger partial charge is 0.230 e. The third kappa shape index (κ3) is 15.1. The highest BCUT2D eigenvalue weighted by molar-refractivity contribution is 8.87. The summed E-state index contributed by atoms with van der Waals surface area (Å²) < 4.78 is 113. The summed E-state index contributed by atoms with van der Waals surface area (Å²) in [5.74, 6) is 0. The Morgan fingerprint density at radius 3 is 1.29 bits per heavy atom. The standard InChI is InChI=1S/C8H18F3P3.C2H6F6P6/c1-3-7(13-10)5-8(14-11)4-6(2)12-9;1-9(3)11(5)13(7)14(8)12(6)10(2)4/h6-8,12-14H,3-5H2,1-2H3;1-2H3. The summed E-state index contributed by atoms with van der Waals surface area (Å²) in [6.07, 6.45) is 1.89. The molecule has 0 nitrogen and oxygen atoms in total. The Morgan fingerprint density at radius 2 is 1.04 bits per heavy atom. The van der Waals surface area contributed by atoms with Crippen LogP contribution in [-0.2, 0) is 0 Å². The Morgan fingerprint density at radius 1 is 0.643 bits per heavy atom. The molecule has 0 aliphatic rings. The SMILES string of the molecule is CCC(CC(CC(C)PF)PF)PF.CP(F)P(F)P(F)P(F)P(F)P(C)F. The van der Waals surface area contributed by atoms with Gasteiger partial charge in [0.2, 0.25) is 30.4 Å². The zero-order chi connectivity index (χ0) is 22.4. The van der Waals surface area contributed by atoms with Gasteiger partial charge in [0.05, 0.1) is 26.7 Å². The van der Waals surface area contributed by atoms with Gasteiger partial charge in [-0.1, -0.05) is 13.8 Å². The molecule has 0 fully saturated rings. The van der Waals surface area contributed by atoms with Gasteiger partial charge in [-0.2, -0.15) is 0 Å². The fourth-order valence-electron chi connectivity index (χ4n) is 1.61. The first-order valence-electron chi connectivity index (χ1n) is 7.67. The molecule has 0 aromatic rings. The molecule has 12 unspecified atom stereocenters. The van der Waals surface area contributed by atoms with Crippen molar-refractivity contribution in [3.05, 3.63) is 0 Å². The van der Waals surface area contributed by atoms with Crippen LogP contribution in [0.3, 0.4) is 0 Å². The maximum Gasteiger partial charge on any atom is 0.210 e. The van der Waals surface area contributed by atoms with Crippen LogP contribution in [0.4, 0.5) is 37.8 Å². The molecule has 0 saturated carbocycles. The number of rotatable bonds is 13. The molecule has 172 valence electrons. The Kier molecular flexibility index (Phi) is 23.5. The fraction of sp³-hybridized carbons (Fsp3) is 1.00. The van der Waals surface area contributed by atoms with Gasteiger partial charge >= 0.3 is 0 Å². The van der Waals surface area contributed by atoms with Crippen LogP contribution in [-0.4, -0.2) is 30.3 Å². The molecule has 0 aromatic heterocycles. The number of hydrogen-bond acceptors (Lipinski definition) is 0. The first-order valence-corrected chi connectivity index (χ1v) is 22.4. The number of hydrogen-bond donors (Lipinski definition) is 0. The van der Waals surface area contributed by atoms with Crippen molar-refractivity contribution in [3.63, 3.8) is 0 Å². The molecule has 0 radical (unpaired) electrons. The maximum atomic E-state index is 12.8. The molecule has 0 aliphatic heterocycles. The molecule has 0 bridgehead atoms. The van der Waals surface area contributed by atoms with Gasteiger partial charge in [0.25, 0.3) is 0 Å². The zero-order valence-corrected chi connectivity index (χ0v) is 23.8. The van der Waals surface area contributed by atoms with Gasteiger partial charge in [0.1, 0.15) is 15.8 Å². The second-order valence-electron chi connectivity index (χ2n) is 5.35. The minimum atomic E-state index is -3.43. The van der Waals surface area contributed by atoms with Crippen molar-refractivity contribution in [2.45, 2.75) is 50.1 Å². The van der Waals surface area contributed by atoms with Crippen molar-refractivity contribution in [1.29, 1.82) is 0 Å². The number of halogens is 9. The first-order chi connectivity index (χ1) is 13.0. The molecule has 0 aliphatic carbocycles.